The van der Waals surface area contributed by atoms with Crippen molar-refractivity contribution in [3.8, 4) is 0 Å². The van der Waals surface area contributed by atoms with Crippen LogP contribution in [0.4, 0.5) is 11.4 Å². The second-order valence-corrected chi connectivity index (χ2v) is 4.19. The van der Waals surface area contributed by atoms with Gasteiger partial charge in [0.05, 0.1) is 22.3 Å². The number of non-ortho nitro benzene ring substituents is 2. The maximum Gasteiger partial charge on any atom is 0.269 e. The van der Waals surface area contributed by atoms with Gasteiger partial charge in [-0.3, -0.25) is 20.2 Å². The fourth-order valence-corrected chi connectivity index (χ4v) is 1.56. The summed E-state index contributed by atoms with van der Waals surface area (Å²) in [6.07, 6.45) is 2.90. The zero-order chi connectivity index (χ0) is 15.9. The first-order valence-corrected chi connectivity index (χ1v) is 6.11. The Hall–Kier alpha value is -3.42. The molecule has 8 heteroatoms. The lowest BCUT2D eigenvalue weighted by Crippen LogP contribution is -1.88. The molecule has 2 aromatic rings. The summed E-state index contributed by atoms with van der Waals surface area (Å²) in [5.74, 6) is 0. The van der Waals surface area contributed by atoms with Gasteiger partial charge in [-0.05, 0) is 35.4 Å². The van der Waals surface area contributed by atoms with Crippen LogP contribution in [-0.4, -0.2) is 22.3 Å². The summed E-state index contributed by atoms with van der Waals surface area (Å²) < 4.78 is 0. The summed E-state index contributed by atoms with van der Waals surface area (Å²) in [7, 11) is 0. The SMILES string of the molecule is O=[N+]([O-])c1ccc(/C=N\N=C\c2ccc([N+](=O)[O-])cc2)cc1. The van der Waals surface area contributed by atoms with E-state index < -0.39 is 9.85 Å². The van der Waals surface area contributed by atoms with Gasteiger partial charge in [0.15, 0.2) is 0 Å². The highest BCUT2D eigenvalue weighted by atomic mass is 16.6. The fourth-order valence-electron chi connectivity index (χ4n) is 1.56. The van der Waals surface area contributed by atoms with Crippen molar-refractivity contribution in [1.82, 2.24) is 0 Å². The van der Waals surface area contributed by atoms with E-state index in [1.807, 2.05) is 0 Å². The first-order valence-electron chi connectivity index (χ1n) is 6.11. The van der Waals surface area contributed by atoms with Crippen LogP contribution in [0.2, 0.25) is 0 Å². The van der Waals surface area contributed by atoms with Gasteiger partial charge in [0, 0.05) is 24.3 Å². The molecule has 2 rings (SSSR count). The second-order valence-electron chi connectivity index (χ2n) is 4.19. The van der Waals surface area contributed by atoms with Crippen molar-refractivity contribution >= 4 is 23.8 Å². The van der Waals surface area contributed by atoms with Crippen LogP contribution in [0, 0.1) is 20.2 Å². The third-order valence-electron chi connectivity index (χ3n) is 2.69. The zero-order valence-electron chi connectivity index (χ0n) is 11.2. The fraction of sp³-hybridized carbons (Fsp3) is 0. The molecule has 0 radical (unpaired) electrons. The van der Waals surface area contributed by atoms with Gasteiger partial charge in [-0.2, -0.15) is 10.2 Å². The molecule has 0 aliphatic carbocycles. The van der Waals surface area contributed by atoms with Crippen LogP contribution < -0.4 is 0 Å². The van der Waals surface area contributed by atoms with Crippen LogP contribution in [0.25, 0.3) is 0 Å². The van der Waals surface area contributed by atoms with Crippen molar-refractivity contribution in [3.63, 3.8) is 0 Å². The van der Waals surface area contributed by atoms with Crippen LogP contribution in [0.1, 0.15) is 11.1 Å². The Morgan fingerprint density at radius 1 is 0.682 bits per heavy atom. The minimum absolute atomic E-state index is 0.00605. The minimum Gasteiger partial charge on any atom is -0.258 e. The predicted octanol–water partition coefficient (Wildman–Crippen LogP) is 2.96. The second kappa shape index (κ2) is 6.84. The van der Waals surface area contributed by atoms with Gasteiger partial charge in [-0.15, -0.1) is 0 Å². The van der Waals surface area contributed by atoms with Crippen molar-refractivity contribution < 1.29 is 9.85 Å². The molecule has 2 aromatic carbocycles. The number of hydrogen-bond acceptors (Lipinski definition) is 6. The standard InChI is InChI=1S/C14H10N4O4/c19-17(20)13-5-1-11(2-6-13)9-15-16-10-12-3-7-14(8-4-12)18(21)22/h1-10H/b15-9-,16-10+. The predicted molar refractivity (Wildman–Crippen MR) is 81.4 cm³/mol. The molecule has 0 aliphatic rings. The molecule has 0 aromatic heterocycles. The van der Waals surface area contributed by atoms with E-state index in [9.17, 15) is 20.2 Å². The van der Waals surface area contributed by atoms with Gasteiger partial charge in [0.1, 0.15) is 0 Å². The van der Waals surface area contributed by atoms with Gasteiger partial charge in [-0.25, -0.2) is 0 Å². The topological polar surface area (TPSA) is 111 Å². The van der Waals surface area contributed by atoms with Crippen molar-refractivity contribution in [2.24, 2.45) is 10.2 Å². The number of rotatable bonds is 5. The Morgan fingerprint density at radius 3 is 1.27 bits per heavy atom. The average molecular weight is 298 g/mol. The average Bonchev–Trinajstić information content (AvgIpc) is 2.52. The smallest absolute Gasteiger partial charge is 0.258 e. The van der Waals surface area contributed by atoms with Gasteiger partial charge in [-0.1, -0.05) is 0 Å². The normalized spacial score (nSPS) is 11.1. The van der Waals surface area contributed by atoms with Crippen molar-refractivity contribution in [3.05, 3.63) is 79.9 Å². The molecule has 22 heavy (non-hydrogen) atoms. The Bertz CT molecular complexity index is 671. The molecule has 0 saturated carbocycles. The van der Waals surface area contributed by atoms with Crippen molar-refractivity contribution in [1.29, 1.82) is 0 Å². The molecule has 0 spiro atoms. The minimum atomic E-state index is -0.479. The van der Waals surface area contributed by atoms with E-state index in [-0.39, 0.29) is 11.4 Å². The maximum absolute atomic E-state index is 10.5. The lowest BCUT2D eigenvalue weighted by molar-refractivity contribution is -0.385. The summed E-state index contributed by atoms with van der Waals surface area (Å²) in [4.78, 5) is 20.0. The van der Waals surface area contributed by atoms with E-state index in [1.54, 1.807) is 24.3 Å². The molecule has 0 fully saturated rings. The van der Waals surface area contributed by atoms with E-state index in [2.05, 4.69) is 10.2 Å². The van der Waals surface area contributed by atoms with Gasteiger partial charge in [0.25, 0.3) is 11.4 Å². The molecule has 0 aliphatic heterocycles. The van der Waals surface area contributed by atoms with E-state index in [0.717, 1.165) is 0 Å². The van der Waals surface area contributed by atoms with Crippen LogP contribution in [0.5, 0.6) is 0 Å². The molecule has 0 amide bonds. The highest BCUT2D eigenvalue weighted by molar-refractivity contribution is 5.83. The van der Waals surface area contributed by atoms with Gasteiger partial charge < -0.3 is 0 Å². The molecule has 8 nitrogen and oxygen atoms in total. The number of nitrogens with zero attached hydrogens (tertiary/aromatic N) is 4. The Balaban J connectivity index is 1.99. The maximum atomic E-state index is 10.5. The van der Waals surface area contributed by atoms with Crippen LogP contribution in [0.15, 0.2) is 58.7 Å². The highest BCUT2D eigenvalue weighted by Gasteiger charge is 2.03. The van der Waals surface area contributed by atoms with Crippen LogP contribution in [0.3, 0.4) is 0 Å². The Labute approximate surface area is 124 Å². The number of hydrogen-bond donors (Lipinski definition) is 0. The summed E-state index contributed by atoms with van der Waals surface area (Å²) >= 11 is 0. The Morgan fingerprint density at radius 2 is 1.00 bits per heavy atom. The van der Waals surface area contributed by atoms with Crippen LogP contribution in [-0.2, 0) is 0 Å². The van der Waals surface area contributed by atoms with Gasteiger partial charge >= 0.3 is 0 Å². The Kier molecular flexibility index (Phi) is 4.66. The van der Waals surface area contributed by atoms with E-state index >= 15 is 0 Å². The molecule has 0 atom stereocenters. The summed E-state index contributed by atoms with van der Waals surface area (Å²) in [6.45, 7) is 0. The number of nitro groups is 2. The molecular formula is C14H10N4O4. The van der Waals surface area contributed by atoms with E-state index in [1.165, 1.54) is 36.7 Å². The van der Waals surface area contributed by atoms with E-state index in [4.69, 9.17) is 0 Å². The largest absolute Gasteiger partial charge is 0.269 e. The first-order chi connectivity index (χ1) is 10.6. The molecule has 0 heterocycles. The molecule has 0 bridgehead atoms. The third-order valence-corrected chi connectivity index (χ3v) is 2.69. The third kappa shape index (κ3) is 4.04. The summed E-state index contributed by atoms with van der Waals surface area (Å²) in [6, 6.07) is 11.7. The molecule has 110 valence electrons. The quantitative estimate of drug-likeness (QED) is 0.480. The van der Waals surface area contributed by atoms with Gasteiger partial charge in [0.2, 0.25) is 0 Å². The van der Waals surface area contributed by atoms with Crippen LogP contribution >= 0.6 is 0 Å². The van der Waals surface area contributed by atoms with Crippen molar-refractivity contribution in [2.45, 2.75) is 0 Å². The highest BCUT2D eigenvalue weighted by Crippen LogP contribution is 2.11. The monoisotopic (exact) mass is 298 g/mol. The molecular weight excluding hydrogens is 288 g/mol. The van der Waals surface area contributed by atoms with Crippen molar-refractivity contribution in [2.75, 3.05) is 0 Å². The summed E-state index contributed by atoms with van der Waals surface area (Å²) in [5.41, 5.74) is 1.36. The molecule has 0 N–H and O–H groups in total. The zero-order valence-corrected chi connectivity index (χ0v) is 11.2. The summed E-state index contributed by atoms with van der Waals surface area (Å²) in [5, 5.41) is 28.6. The number of benzene rings is 2. The first kappa shape index (κ1) is 15.0. The lowest BCUT2D eigenvalue weighted by Gasteiger charge is -1.93. The number of nitro benzene ring substituents is 2. The van der Waals surface area contributed by atoms with E-state index in [0.29, 0.717) is 11.1 Å². The molecule has 0 unspecified atom stereocenters. The molecule has 0 saturated heterocycles. The lowest BCUT2D eigenvalue weighted by atomic mass is 10.2.